The molecule has 0 amide bonds. The lowest BCUT2D eigenvalue weighted by molar-refractivity contribution is 0.218. The summed E-state index contributed by atoms with van der Waals surface area (Å²) in [6.45, 7) is 4.16. The molecule has 1 N–H and O–H groups in total. The minimum Gasteiger partial charge on any atom is -0.497 e. The van der Waals surface area contributed by atoms with Crippen LogP contribution in [0.3, 0.4) is 0 Å². The normalized spacial score (nSPS) is 15.9. The van der Waals surface area contributed by atoms with E-state index in [1.807, 2.05) is 35.1 Å². The number of hydrogen-bond acceptors (Lipinski definition) is 3. The number of likely N-dealkylation sites (tertiary alicyclic amines) is 1. The Balaban J connectivity index is 1.71. The Morgan fingerprint density at radius 2 is 2.00 bits per heavy atom. The van der Waals surface area contributed by atoms with E-state index in [0.717, 1.165) is 24.4 Å². The Morgan fingerprint density at radius 1 is 1.18 bits per heavy atom. The SMILES string of the molecule is COc1cccc(-c2cn(CCN3CCCCC3)[nH]c2=O)c1. The standard InChI is InChI=1S/C17H23N3O2/c1-22-15-7-5-6-14(12-15)16-13-20(18-17(16)21)11-10-19-8-3-2-4-9-19/h5-7,12-13H,2-4,8-11H2,1H3,(H,18,21). The van der Waals surface area contributed by atoms with Crippen molar-refractivity contribution in [2.24, 2.45) is 0 Å². The van der Waals surface area contributed by atoms with Crippen molar-refractivity contribution in [1.82, 2.24) is 14.7 Å². The highest BCUT2D eigenvalue weighted by Crippen LogP contribution is 2.20. The number of nitrogens with one attached hydrogen (secondary N) is 1. The lowest BCUT2D eigenvalue weighted by Gasteiger charge is -2.26. The van der Waals surface area contributed by atoms with Crippen molar-refractivity contribution < 1.29 is 4.74 Å². The van der Waals surface area contributed by atoms with Crippen molar-refractivity contribution in [3.63, 3.8) is 0 Å². The third-order valence-corrected chi connectivity index (χ3v) is 4.26. The van der Waals surface area contributed by atoms with Gasteiger partial charge in [-0.25, -0.2) is 0 Å². The van der Waals surface area contributed by atoms with E-state index in [-0.39, 0.29) is 5.56 Å². The molecule has 0 aliphatic carbocycles. The van der Waals surface area contributed by atoms with Gasteiger partial charge in [0.25, 0.3) is 5.56 Å². The number of ether oxygens (including phenoxy) is 1. The number of rotatable bonds is 5. The van der Waals surface area contributed by atoms with Crippen molar-refractivity contribution >= 4 is 0 Å². The number of methoxy groups -OCH3 is 1. The van der Waals surface area contributed by atoms with Crippen LogP contribution in [0.25, 0.3) is 11.1 Å². The Labute approximate surface area is 130 Å². The second-order valence-electron chi connectivity index (χ2n) is 5.81. The minimum absolute atomic E-state index is 0.0492. The van der Waals surface area contributed by atoms with E-state index in [1.54, 1.807) is 7.11 Å². The summed E-state index contributed by atoms with van der Waals surface area (Å²) in [6, 6.07) is 7.60. The fraction of sp³-hybridized carbons (Fsp3) is 0.471. The molecule has 1 fully saturated rings. The predicted molar refractivity (Wildman–Crippen MR) is 87.3 cm³/mol. The fourth-order valence-electron chi connectivity index (χ4n) is 2.99. The highest BCUT2D eigenvalue weighted by molar-refractivity contribution is 5.63. The van der Waals surface area contributed by atoms with Gasteiger partial charge >= 0.3 is 0 Å². The van der Waals surface area contributed by atoms with Crippen LogP contribution in [0.5, 0.6) is 5.75 Å². The van der Waals surface area contributed by atoms with Crippen molar-refractivity contribution in [3.05, 3.63) is 40.8 Å². The molecule has 3 rings (SSSR count). The first-order chi connectivity index (χ1) is 10.8. The van der Waals surface area contributed by atoms with Crippen LogP contribution in [0, 0.1) is 0 Å². The van der Waals surface area contributed by atoms with Gasteiger partial charge in [-0.3, -0.25) is 14.6 Å². The zero-order chi connectivity index (χ0) is 15.4. The van der Waals surface area contributed by atoms with E-state index >= 15 is 0 Å². The maximum atomic E-state index is 12.2. The molecule has 0 unspecified atom stereocenters. The molecule has 1 saturated heterocycles. The van der Waals surface area contributed by atoms with Crippen molar-refractivity contribution in [2.75, 3.05) is 26.7 Å². The highest BCUT2D eigenvalue weighted by Gasteiger charge is 2.11. The number of aromatic nitrogens is 2. The van der Waals surface area contributed by atoms with E-state index in [4.69, 9.17) is 4.74 Å². The second kappa shape index (κ2) is 6.83. The van der Waals surface area contributed by atoms with E-state index in [2.05, 4.69) is 10.00 Å². The van der Waals surface area contributed by atoms with Crippen LogP contribution in [0.4, 0.5) is 0 Å². The molecule has 22 heavy (non-hydrogen) atoms. The van der Waals surface area contributed by atoms with Gasteiger partial charge in [-0.15, -0.1) is 0 Å². The molecule has 0 radical (unpaired) electrons. The van der Waals surface area contributed by atoms with Gasteiger partial charge in [0.15, 0.2) is 0 Å². The summed E-state index contributed by atoms with van der Waals surface area (Å²) < 4.78 is 7.12. The zero-order valence-corrected chi connectivity index (χ0v) is 13.0. The van der Waals surface area contributed by atoms with Crippen LogP contribution < -0.4 is 10.3 Å². The van der Waals surface area contributed by atoms with Crippen LogP contribution in [0.2, 0.25) is 0 Å². The molecule has 1 aliphatic rings. The van der Waals surface area contributed by atoms with E-state index < -0.39 is 0 Å². The third kappa shape index (κ3) is 3.42. The van der Waals surface area contributed by atoms with E-state index in [1.165, 1.54) is 32.4 Å². The summed E-state index contributed by atoms with van der Waals surface area (Å²) in [6.07, 6.45) is 5.83. The first kappa shape index (κ1) is 14.9. The lowest BCUT2D eigenvalue weighted by Crippen LogP contribution is -2.32. The van der Waals surface area contributed by atoms with Gasteiger partial charge in [-0.2, -0.15) is 0 Å². The van der Waals surface area contributed by atoms with E-state index in [0.29, 0.717) is 5.56 Å². The molecule has 1 aromatic carbocycles. The summed E-state index contributed by atoms with van der Waals surface area (Å²) in [4.78, 5) is 14.6. The maximum absolute atomic E-state index is 12.2. The molecule has 5 heteroatoms. The minimum atomic E-state index is -0.0492. The lowest BCUT2D eigenvalue weighted by atomic mass is 10.1. The Bertz CT molecular complexity index is 669. The molecule has 1 aliphatic heterocycles. The van der Waals surface area contributed by atoms with Gasteiger partial charge in [-0.1, -0.05) is 18.6 Å². The van der Waals surface area contributed by atoms with Crippen molar-refractivity contribution in [2.45, 2.75) is 25.8 Å². The van der Waals surface area contributed by atoms with Crippen LogP contribution in [0.15, 0.2) is 35.3 Å². The summed E-state index contributed by atoms with van der Waals surface area (Å²) in [5.41, 5.74) is 1.53. The topological polar surface area (TPSA) is 50.3 Å². The average Bonchev–Trinajstić information content (AvgIpc) is 2.95. The van der Waals surface area contributed by atoms with Gasteiger partial charge in [0.2, 0.25) is 0 Å². The Kier molecular flexibility index (Phi) is 4.63. The van der Waals surface area contributed by atoms with Crippen LogP contribution in [-0.4, -0.2) is 41.4 Å². The second-order valence-corrected chi connectivity index (χ2v) is 5.81. The fourth-order valence-corrected chi connectivity index (χ4v) is 2.99. The molecule has 5 nitrogen and oxygen atoms in total. The molecular weight excluding hydrogens is 278 g/mol. The molecule has 0 bridgehead atoms. The molecule has 2 heterocycles. The van der Waals surface area contributed by atoms with Crippen molar-refractivity contribution in [1.29, 1.82) is 0 Å². The van der Waals surface area contributed by atoms with Gasteiger partial charge in [0, 0.05) is 12.7 Å². The molecule has 0 saturated carbocycles. The monoisotopic (exact) mass is 301 g/mol. The molecule has 0 spiro atoms. The largest absolute Gasteiger partial charge is 0.497 e. The molecule has 1 aromatic heterocycles. The Hall–Kier alpha value is -2.01. The first-order valence-corrected chi connectivity index (χ1v) is 7.92. The summed E-state index contributed by atoms with van der Waals surface area (Å²) >= 11 is 0. The van der Waals surface area contributed by atoms with Crippen LogP contribution >= 0.6 is 0 Å². The predicted octanol–water partition coefficient (Wildman–Crippen LogP) is 2.34. The average molecular weight is 301 g/mol. The number of piperidine rings is 1. The van der Waals surface area contributed by atoms with Crippen LogP contribution in [0.1, 0.15) is 19.3 Å². The molecular formula is C17H23N3O2. The van der Waals surface area contributed by atoms with Crippen LogP contribution in [-0.2, 0) is 6.54 Å². The van der Waals surface area contributed by atoms with Crippen molar-refractivity contribution in [3.8, 4) is 16.9 Å². The van der Waals surface area contributed by atoms with Gasteiger partial charge in [0.1, 0.15) is 5.75 Å². The third-order valence-electron chi connectivity index (χ3n) is 4.26. The van der Waals surface area contributed by atoms with Gasteiger partial charge in [0.05, 0.1) is 19.2 Å². The summed E-state index contributed by atoms with van der Waals surface area (Å²) in [5.74, 6) is 0.762. The molecule has 2 aromatic rings. The highest BCUT2D eigenvalue weighted by atomic mass is 16.5. The first-order valence-electron chi connectivity index (χ1n) is 7.92. The van der Waals surface area contributed by atoms with Gasteiger partial charge < -0.3 is 9.64 Å². The number of nitrogens with zero attached hydrogens (tertiary/aromatic N) is 2. The number of H-pyrrole nitrogens is 1. The molecule has 118 valence electrons. The van der Waals surface area contributed by atoms with Gasteiger partial charge in [-0.05, 0) is 43.6 Å². The smallest absolute Gasteiger partial charge is 0.271 e. The van der Waals surface area contributed by atoms with E-state index in [9.17, 15) is 4.79 Å². The quantitative estimate of drug-likeness (QED) is 0.922. The molecule has 0 atom stereocenters. The zero-order valence-electron chi connectivity index (χ0n) is 13.0. The Morgan fingerprint density at radius 3 is 2.77 bits per heavy atom. The number of aromatic amines is 1. The summed E-state index contributed by atoms with van der Waals surface area (Å²) in [7, 11) is 1.63. The number of hydrogen-bond donors (Lipinski definition) is 1. The number of benzene rings is 1. The maximum Gasteiger partial charge on any atom is 0.271 e. The summed E-state index contributed by atoms with van der Waals surface area (Å²) in [5, 5.41) is 2.91.